The summed E-state index contributed by atoms with van der Waals surface area (Å²) in [6.07, 6.45) is 1.04. The van der Waals surface area contributed by atoms with Crippen LogP contribution >= 0.6 is 11.5 Å². The fourth-order valence-corrected chi connectivity index (χ4v) is 3.14. The summed E-state index contributed by atoms with van der Waals surface area (Å²) in [5.41, 5.74) is 2.21. The third-order valence-electron chi connectivity index (χ3n) is 3.18. The zero-order valence-electron chi connectivity index (χ0n) is 13.1. The molecule has 114 valence electrons. The number of hydrogen-bond donors (Lipinski definition) is 1. The molecule has 1 atom stereocenters. The summed E-state index contributed by atoms with van der Waals surface area (Å²) in [6.45, 7) is 9.19. The Kier molecular flexibility index (Phi) is 5.70. The minimum Gasteiger partial charge on any atom is -0.491 e. The number of para-hydroxylation sites is 1. The van der Waals surface area contributed by atoms with Gasteiger partial charge in [0.15, 0.2) is 0 Å². The number of ether oxygens (including phenoxy) is 1. The molecule has 1 unspecified atom stereocenters. The van der Waals surface area contributed by atoms with Crippen molar-refractivity contribution in [3.63, 3.8) is 0 Å². The fourth-order valence-electron chi connectivity index (χ4n) is 2.31. The number of hydrogen-bond acceptors (Lipinski definition) is 5. The van der Waals surface area contributed by atoms with E-state index in [9.17, 15) is 0 Å². The summed E-state index contributed by atoms with van der Waals surface area (Å²) < 4.78 is 10.1. The lowest BCUT2D eigenvalue weighted by Crippen LogP contribution is -2.23. The number of aryl methyl sites for hydroxylation is 1. The highest BCUT2D eigenvalue weighted by atomic mass is 32.1. The number of rotatable bonds is 7. The number of benzene rings is 1. The van der Waals surface area contributed by atoms with E-state index in [1.165, 1.54) is 16.4 Å². The molecule has 2 rings (SSSR count). The topological polar surface area (TPSA) is 47.0 Å². The van der Waals surface area contributed by atoms with Crippen molar-refractivity contribution in [2.24, 2.45) is 0 Å². The molecule has 0 spiro atoms. The van der Waals surface area contributed by atoms with Crippen molar-refractivity contribution < 1.29 is 4.74 Å². The Balaban J connectivity index is 2.43. The minimum atomic E-state index is 0.0832. The van der Waals surface area contributed by atoms with E-state index < -0.39 is 0 Å². The maximum atomic E-state index is 5.97. The predicted octanol–water partition coefficient (Wildman–Crippen LogP) is 3.59. The molecular weight excluding hydrogens is 282 g/mol. The second kappa shape index (κ2) is 7.52. The van der Waals surface area contributed by atoms with Crippen LogP contribution < -0.4 is 10.1 Å². The van der Waals surface area contributed by atoms with Gasteiger partial charge in [-0.1, -0.05) is 36.5 Å². The van der Waals surface area contributed by atoms with Crippen LogP contribution in [0.5, 0.6) is 5.75 Å². The van der Waals surface area contributed by atoms with E-state index >= 15 is 0 Å². The summed E-state index contributed by atoms with van der Waals surface area (Å²) in [4.78, 5) is 1.18. The van der Waals surface area contributed by atoms with Crippen LogP contribution in [0.2, 0.25) is 0 Å². The van der Waals surface area contributed by atoms with Crippen LogP contribution in [-0.4, -0.2) is 22.2 Å². The van der Waals surface area contributed by atoms with Crippen molar-refractivity contribution in [1.82, 2.24) is 14.9 Å². The molecule has 0 fully saturated rings. The normalized spacial score (nSPS) is 12.6. The van der Waals surface area contributed by atoms with E-state index in [1.807, 2.05) is 32.0 Å². The highest BCUT2D eigenvalue weighted by molar-refractivity contribution is 7.05. The second-order valence-corrected chi connectivity index (χ2v) is 5.92. The first kappa shape index (κ1) is 15.9. The standard InChI is InChI=1S/C16H23N3OS/c1-5-13-16(21-19-18-13)15(17-6-2)12-9-7-8-10-14(12)20-11(3)4/h7-11,15,17H,5-6H2,1-4H3. The van der Waals surface area contributed by atoms with E-state index in [1.54, 1.807) is 0 Å². The van der Waals surface area contributed by atoms with Crippen molar-refractivity contribution in [1.29, 1.82) is 0 Å². The molecule has 0 amide bonds. The molecule has 0 bridgehead atoms. The van der Waals surface area contributed by atoms with Crippen molar-refractivity contribution in [2.45, 2.75) is 46.3 Å². The summed E-state index contributed by atoms with van der Waals surface area (Å²) in [5, 5.41) is 7.78. The average molecular weight is 305 g/mol. The minimum absolute atomic E-state index is 0.0832. The molecule has 5 heteroatoms. The third kappa shape index (κ3) is 3.80. The lowest BCUT2D eigenvalue weighted by atomic mass is 10.0. The summed E-state index contributed by atoms with van der Waals surface area (Å²) in [6, 6.07) is 8.28. The molecule has 1 aromatic heterocycles. The van der Waals surface area contributed by atoms with Gasteiger partial charge in [-0.25, -0.2) is 0 Å². The monoisotopic (exact) mass is 305 g/mol. The first-order valence-electron chi connectivity index (χ1n) is 7.47. The average Bonchev–Trinajstić information content (AvgIpc) is 2.93. The Morgan fingerprint density at radius 1 is 1.24 bits per heavy atom. The van der Waals surface area contributed by atoms with Crippen LogP contribution in [0.3, 0.4) is 0 Å². The van der Waals surface area contributed by atoms with Crippen LogP contribution in [0.25, 0.3) is 0 Å². The van der Waals surface area contributed by atoms with Gasteiger partial charge >= 0.3 is 0 Å². The lowest BCUT2D eigenvalue weighted by Gasteiger charge is -2.22. The first-order chi connectivity index (χ1) is 10.2. The molecule has 21 heavy (non-hydrogen) atoms. The maximum absolute atomic E-state index is 5.97. The van der Waals surface area contributed by atoms with Gasteiger partial charge in [0.05, 0.1) is 22.7 Å². The highest BCUT2D eigenvalue weighted by Gasteiger charge is 2.23. The van der Waals surface area contributed by atoms with Crippen LogP contribution in [0.15, 0.2) is 24.3 Å². The lowest BCUT2D eigenvalue weighted by molar-refractivity contribution is 0.238. The Labute approximate surface area is 130 Å². The molecule has 0 aliphatic carbocycles. The molecule has 0 saturated heterocycles. The van der Waals surface area contributed by atoms with E-state index in [-0.39, 0.29) is 12.1 Å². The SMILES string of the molecule is CCNC(c1ccccc1OC(C)C)c1snnc1CC. The Bertz CT molecular complexity index is 568. The summed E-state index contributed by atoms with van der Waals surface area (Å²) in [5.74, 6) is 0.925. The molecule has 0 aliphatic heterocycles. The van der Waals surface area contributed by atoms with Gasteiger partial charge in [0, 0.05) is 5.56 Å². The van der Waals surface area contributed by atoms with Gasteiger partial charge in [0.1, 0.15) is 5.75 Å². The van der Waals surface area contributed by atoms with Crippen molar-refractivity contribution in [2.75, 3.05) is 6.54 Å². The Morgan fingerprint density at radius 2 is 2.00 bits per heavy atom. The van der Waals surface area contributed by atoms with Crippen molar-refractivity contribution in [3.8, 4) is 5.75 Å². The number of aromatic nitrogens is 2. The molecule has 1 aromatic carbocycles. The molecule has 1 N–H and O–H groups in total. The smallest absolute Gasteiger partial charge is 0.124 e. The summed E-state index contributed by atoms with van der Waals surface area (Å²) in [7, 11) is 0. The quantitative estimate of drug-likeness (QED) is 0.849. The van der Waals surface area contributed by atoms with Crippen LogP contribution in [-0.2, 0) is 6.42 Å². The van der Waals surface area contributed by atoms with Gasteiger partial charge in [-0.2, -0.15) is 0 Å². The highest BCUT2D eigenvalue weighted by Crippen LogP contribution is 2.33. The van der Waals surface area contributed by atoms with Crippen LogP contribution in [0, 0.1) is 0 Å². The van der Waals surface area contributed by atoms with E-state index in [2.05, 4.69) is 34.8 Å². The van der Waals surface area contributed by atoms with Gasteiger partial charge in [0.25, 0.3) is 0 Å². The fraction of sp³-hybridized carbons (Fsp3) is 0.500. The number of nitrogens with zero attached hydrogens (tertiary/aromatic N) is 2. The van der Waals surface area contributed by atoms with Gasteiger partial charge in [-0.05, 0) is 44.4 Å². The third-order valence-corrected chi connectivity index (χ3v) is 4.01. The Hall–Kier alpha value is -1.46. The summed E-state index contributed by atoms with van der Waals surface area (Å²) >= 11 is 1.47. The van der Waals surface area contributed by atoms with Crippen LogP contribution in [0.4, 0.5) is 0 Å². The predicted molar refractivity (Wildman–Crippen MR) is 87.0 cm³/mol. The largest absolute Gasteiger partial charge is 0.491 e. The second-order valence-electron chi connectivity index (χ2n) is 5.13. The molecule has 1 heterocycles. The zero-order chi connectivity index (χ0) is 15.2. The molecule has 2 aromatic rings. The van der Waals surface area contributed by atoms with Gasteiger partial charge in [0.2, 0.25) is 0 Å². The van der Waals surface area contributed by atoms with Crippen molar-refractivity contribution >= 4 is 11.5 Å². The van der Waals surface area contributed by atoms with Gasteiger partial charge in [-0.15, -0.1) is 5.10 Å². The molecular formula is C16H23N3OS. The zero-order valence-corrected chi connectivity index (χ0v) is 13.9. The Morgan fingerprint density at radius 3 is 2.67 bits per heavy atom. The van der Waals surface area contributed by atoms with E-state index in [0.717, 1.165) is 30.0 Å². The van der Waals surface area contributed by atoms with E-state index in [0.29, 0.717) is 0 Å². The van der Waals surface area contributed by atoms with Crippen molar-refractivity contribution in [3.05, 3.63) is 40.4 Å². The molecule has 4 nitrogen and oxygen atoms in total. The van der Waals surface area contributed by atoms with Crippen LogP contribution in [0.1, 0.15) is 49.9 Å². The molecule has 0 radical (unpaired) electrons. The molecule has 0 saturated carbocycles. The van der Waals surface area contributed by atoms with Gasteiger partial charge < -0.3 is 10.1 Å². The van der Waals surface area contributed by atoms with Gasteiger partial charge in [-0.3, -0.25) is 0 Å². The molecule has 0 aliphatic rings. The number of nitrogens with one attached hydrogen (secondary N) is 1. The maximum Gasteiger partial charge on any atom is 0.124 e. The van der Waals surface area contributed by atoms with E-state index in [4.69, 9.17) is 4.74 Å². The first-order valence-corrected chi connectivity index (χ1v) is 8.24.